The van der Waals surface area contributed by atoms with Crippen LogP contribution in [0.1, 0.15) is 90.4 Å². The van der Waals surface area contributed by atoms with Gasteiger partial charge in [0.25, 0.3) is 5.91 Å². The number of rotatable bonds is 8. The van der Waals surface area contributed by atoms with Crippen LogP contribution >= 0.6 is 23.2 Å². The van der Waals surface area contributed by atoms with Gasteiger partial charge in [0.15, 0.2) is 11.5 Å². The lowest BCUT2D eigenvalue weighted by Crippen LogP contribution is -2.46. The van der Waals surface area contributed by atoms with Gasteiger partial charge < -0.3 is 14.7 Å². The topological polar surface area (TPSA) is 102 Å². The van der Waals surface area contributed by atoms with Crippen molar-refractivity contribution in [2.45, 2.75) is 77.1 Å². The third-order valence-corrected chi connectivity index (χ3v) is 8.72. The molecule has 41 heavy (non-hydrogen) atoms. The van der Waals surface area contributed by atoms with Gasteiger partial charge >= 0.3 is 12.1 Å². The van der Waals surface area contributed by atoms with E-state index in [1.165, 1.54) is 0 Å². The van der Waals surface area contributed by atoms with E-state index in [0.29, 0.717) is 25.0 Å². The fourth-order valence-electron chi connectivity index (χ4n) is 5.73. The van der Waals surface area contributed by atoms with E-state index in [-0.39, 0.29) is 47.8 Å². The number of hydrogen-bond acceptors (Lipinski definition) is 5. The van der Waals surface area contributed by atoms with Gasteiger partial charge in [0.05, 0.1) is 57.5 Å². The van der Waals surface area contributed by atoms with Gasteiger partial charge in [-0.1, -0.05) is 23.2 Å². The van der Waals surface area contributed by atoms with Crippen molar-refractivity contribution in [1.29, 1.82) is 0 Å². The molecular formula is C28H32Cl2F3N3O5. The van der Waals surface area contributed by atoms with Crippen LogP contribution in [0.25, 0.3) is 0 Å². The highest BCUT2D eigenvalue weighted by molar-refractivity contribution is 6.40. The van der Waals surface area contributed by atoms with Crippen molar-refractivity contribution >= 4 is 40.9 Å². The van der Waals surface area contributed by atoms with Gasteiger partial charge in [-0.2, -0.15) is 18.3 Å². The van der Waals surface area contributed by atoms with Gasteiger partial charge in [-0.25, -0.2) is 0 Å². The summed E-state index contributed by atoms with van der Waals surface area (Å²) >= 11 is 12.6. The molecule has 2 aromatic rings. The molecule has 13 heteroatoms. The number of aromatic nitrogens is 2. The Morgan fingerprint density at radius 2 is 1.76 bits per heavy atom. The molecule has 1 amide bonds. The molecule has 2 fully saturated rings. The van der Waals surface area contributed by atoms with Crippen LogP contribution in [0.2, 0.25) is 10.0 Å². The first-order valence-corrected chi connectivity index (χ1v) is 14.1. The van der Waals surface area contributed by atoms with Crippen LogP contribution in [0, 0.1) is 12.3 Å². The molecule has 2 heterocycles. The number of aryl methyl sites for hydroxylation is 1. The molecule has 8 nitrogen and oxygen atoms in total. The number of carbonyl (C=O) groups excluding carboxylic acids is 2. The van der Waals surface area contributed by atoms with Crippen LogP contribution in [-0.2, 0) is 15.7 Å². The third kappa shape index (κ3) is 6.57. The van der Waals surface area contributed by atoms with E-state index in [2.05, 4.69) is 5.10 Å². The van der Waals surface area contributed by atoms with Crippen LogP contribution in [-0.4, -0.2) is 62.7 Å². The van der Waals surface area contributed by atoms with Crippen LogP contribution in [0.15, 0.2) is 18.3 Å². The van der Waals surface area contributed by atoms with Crippen LogP contribution in [0.5, 0.6) is 0 Å². The summed E-state index contributed by atoms with van der Waals surface area (Å²) < 4.78 is 50.1. The minimum atomic E-state index is -4.94. The lowest BCUT2D eigenvalue weighted by atomic mass is 9.74. The van der Waals surface area contributed by atoms with Gasteiger partial charge in [0.1, 0.15) is 0 Å². The summed E-state index contributed by atoms with van der Waals surface area (Å²) in [5.41, 5.74) is -3.13. The first-order chi connectivity index (χ1) is 19.0. The highest BCUT2D eigenvalue weighted by Gasteiger charge is 2.46. The molecular weight excluding hydrogens is 586 g/mol. The lowest BCUT2D eigenvalue weighted by Gasteiger charge is -2.35. The molecule has 1 aromatic carbocycles. The average Bonchev–Trinajstić information content (AvgIpc) is 3.50. The van der Waals surface area contributed by atoms with Crippen molar-refractivity contribution in [2.75, 3.05) is 19.7 Å². The van der Waals surface area contributed by atoms with Crippen LogP contribution in [0.4, 0.5) is 13.2 Å². The highest BCUT2D eigenvalue weighted by atomic mass is 35.5. The number of carbonyl (C=O) groups is 3. The smallest absolute Gasteiger partial charge is 0.433 e. The average molecular weight is 618 g/mol. The zero-order valence-electron chi connectivity index (χ0n) is 23.0. The first-order valence-electron chi connectivity index (χ1n) is 13.3. The largest absolute Gasteiger partial charge is 0.481 e. The molecule has 0 bridgehead atoms. The maximum absolute atomic E-state index is 14.5. The number of benzene rings is 1. The minimum Gasteiger partial charge on any atom is -0.481 e. The van der Waals surface area contributed by atoms with Crippen molar-refractivity contribution in [3.63, 3.8) is 0 Å². The van der Waals surface area contributed by atoms with E-state index >= 15 is 0 Å². The molecule has 1 aliphatic carbocycles. The Labute approximate surface area is 245 Å². The van der Waals surface area contributed by atoms with Gasteiger partial charge in [0.2, 0.25) is 0 Å². The van der Waals surface area contributed by atoms with Crippen molar-refractivity contribution in [3.05, 3.63) is 50.8 Å². The minimum absolute atomic E-state index is 0.0235. The van der Waals surface area contributed by atoms with E-state index in [1.54, 1.807) is 32.9 Å². The van der Waals surface area contributed by atoms with Crippen molar-refractivity contribution in [2.24, 2.45) is 5.41 Å². The molecule has 224 valence electrons. The summed E-state index contributed by atoms with van der Waals surface area (Å²) in [5, 5.41) is 13.6. The maximum atomic E-state index is 14.5. The van der Waals surface area contributed by atoms with E-state index in [0.717, 1.165) is 15.8 Å². The normalized spacial score (nSPS) is 24.8. The number of ketones is 1. The van der Waals surface area contributed by atoms with Gasteiger partial charge in [-0.15, -0.1) is 0 Å². The Morgan fingerprint density at radius 3 is 2.27 bits per heavy atom. The number of alkyl halides is 3. The Morgan fingerprint density at radius 1 is 1.15 bits per heavy atom. The molecule has 1 aliphatic heterocycles. The maximum Gasteiger partial charge on any atom is 0.433 e. The summed E-state index contributed by atoms with van der Waals surface area (Å²) in [5.74, 6) is -2.66. The number of carboxylic acid groups (broad SMARTS) is 1. The summed E-state index contributed by atoms with van der Waals surface area (Å²) in [6.45, 7) is 4.76. The van der Waals surface area contributed by atoms with E-state index in [9.17, 15) is 32.7 Å². The molecule has 1 aromatic heterocycles. The number of Topliss-reactive ketones (excluding diaryl/α,β-unsaturated/α-hetero) is 1. The van der Waals surface area contributed by atoms with Crippen LogP contribution < -0.4 is 0 Å². The van der Waals surface area contributed by atoms with Gasteiger partial charge in [-0.3, -0.25) is 19.1 Å². The third-order valence-electron chi connectivity index (χ3n) is 8.13. The molecule has 2 aliphatic rings. The second kappa shape index (κ2) is 11.6. The Kier molecular flexibility index (Phi) is 8.83. The standard InChI is InChI=1S/C28H32Cl2F3N3O5/c1-16-11-19(29)22(20(30)12-16)21(37)14-35(15-27(3)7-4-10-41-27)24(38)18-13-34-36(23(18)28(31,32)33)17-5-8-26(2,9-6-17)25(39)40/h11-13,17H,4-10,14-15H2,1-3H3,(H,39,40)/t17-,26-,27-/m1/s1. The molecule has 0 radical (unpaired) electrons. The molecule has 0 spiro atoms. The number of aliphatic carboxylic acids is 1. The number of ether oxygens (including phenoxy) is 1. The fraction of sp³-hybridized carbons (Fsp3) is 0.571. The SMILES string of the molecule is Cc1cc(Cl)c(C(=O)CN(C[C@@]2(C)CCCO2)C(=O)c2cnn([C@H]3CC[C@](C)(C(=O)O)CC3)c2C(F)(F)F)c(Cl)c1. The molecule has 1 atom stereocenters. The molecule has 1 saturated heterocycles. The van der Waals surface area contributed by atoms with Crippen molar-refractivity contribution in [1.82, 2.24) is 14.7 Å². The summed E-state index contributed by atoms with van der Waals surface area (Å²) in [6.07, 6.45) is -2.18. The van der Waals surface area contributed by atoms with Crippen molar-refractivity contribution in [3.8, 4) is 0 Å². The second-order valence-corrected chi connectivity index (χ2v) is 12.4. The molecule has 1 saturated carbocycles. The Bertz CT molecular complexity index is 1320. The highest BCUT2D eigenvalue weighted by Crippen LogP contribution is 2.43. The molecule has 1 N–H and O–H groups in total. The van der Waals surface area contributed by atoms with Crippen molar-refractivity contribution < 1.29 is 37.4 Å². The number of halogens is 5. The molecule has 4 rings (SSSR count). The zero-order chi connectivity index (χ0) is 30.3. The summed E-state index contributed by atoms with van der Waals surface area (Å²) in [7, 11) is 0. The number of hydrogen-bond donors (Lipinski definition) is 1. The molecule has 0 unspecified atom stereocenters. The van der Waals surface area contributed by atoms with Gasteiger partial charge in [0, 0.05) is 6.61 Å². The lowest BCUT2D eigenvalue weighted by molar-refractivity contribution is -0.152. The Balaban J connectivity index is 1.69. The quantitative estimate of drug-likeness (QED) is 0.334. The summed E-state index contributed by atoms with van der Waals surface area (Å²) in [4.78, 5) is 39.9. The van der Waals surface area contributed by atoms with E-state index < -0.39 is 58.7 Å². The first kappa shape index (κ1) is 31.3. The predicted octanol–water partition coefficient (Wildman–Crippen LogP) is 6.62. The number of carboxylic acids is 1. The zero-order valence-corrected chi connectivity index (χ0v) is 24.5. The van der Waals surface area contributed by atoms with E-state index in [4.69, 9.17) is 27.9 Å². The monoisotopic (exact) mass is 617 g/mol. The number of amides is 1. The van der Waals surface area contributed by atoms with Crippen LogP contribution in [0.3, 0.4) is 0 Å². The second-order valence-electron chi connectivity index (χ2n) is 11.5. The van der Waals surface area contributed by atoms with Gasteiger partial charge in [-0.05, 0) is 77.0 Å². The van der Waals surface area contributed by atoms with E-state index in [1.807, 2.05) is 0 Å². The fourth-order valence-corrected chi connectivity index (χ4v) is 6.54. The number of nitrogens with zero attached hydrogens (tertiary/aromatic N) is 3. The summed E-state index contributed by atoms with van der Waals surface area (Å²) in [6, 6.07) is 2.34. The Hall–Kier alpha value is -2.63. The predicted molar refractivity (Wildman–Crippen MR) is 146 cm³/mol.